The standard InChI is InChI=1S/C14H10F2N2O2S/c15-9-5-4-8(6-10(9)16)21(19)7-13-18-14-11(17)2-1-3-12(14)20-13/h1-6H,7,17H2. The van der Waals surface area contributed by atoms with E-state index in [1.54, 1.807) is 18.2 Å². The molecule has 3 rings (SSSR count). The molecule has 21 heavy (non-hydrogen) atoms. The quantitative estimate of drug-likeness (QED) is 0.755. The number of hydrogen-bond acceptors (Lipinski definition) is 4. The van der Waals surface area contributed by atoms with E-state index < -0.39 is 22.4 Å². The van der Waals surface area contributed by atoms with Crippen LogP contribution in [0.25, 0.3) is 11.1 Å². The summed E-state index contributed by atoms with van der Waals surface area (Å²) in [6.07, 6.45) is 0. The molecule has 3 aromatic rings. The lowest BCUT2D eigenvalue weighted by Crippen LogP contribution is -1.98. The Morgan fingerprint density at radius 3 is 2.71 bits per heavy atom. The summed E-state index contributed by atoms with van der Waals surface area (Å²) < 4.78 is 43.6. The number of halogens is 2. The zero-order valence-electron chi connectivity index (χ0n) is 10.7. The normalized spacial score (nSPS) is 12.7. The van der Waals surface area contributed by atoms with Gasteiger partial charge in [0.2, 0.25) is 5.89 Å². The second-order valence-electron chi connectivity index (χ2n) is 4.37. The number of nitrogens with two attached hydrogens (primary N) is 1. The zero-order chi connectivity index (χ0) is 15.0. The van der Waals surface area contributed by atoms with E-state index in [0.717, 1.165) is 12.1 Å². The summed E-state index contributed by atoms with van der Waals surface area (Å²) in [7, 11) is -1.59. The lowest BCUT2D eigenvalue weighted by Gasteiger charge is -2.00. The van der Waals surface area contributed by atoms with Crippen LogP contribution in [0, 0.1) is 11.6 Å². The Bertz CT molecular complexity index is 848. The molecule has 0 fully saturated rings. The van der Waals surface area contributed by atoms with Gasteiger partial charge in [-0.15, -0.1) is 0 Å². The first kappa shape index (κ1) is 13.7. The highest BCUT2D eigenvalue weighted by molar-refractivity contribution is 7.84. The Morgan fingerprint density at radius 2 is 2.00 bits per heavy atom. The summed E-state index contributed by atoms with van der Waals surface area (Å²) in [5, 5.41) is 0. The summed E-state index contributed by atoms with van der Waals surface area (Å²) in [4.78, 5) is 4.34. The van der Waals surface area contributed by atoms with Gasteiger partial charge >= 0.3 is 0 Å². The third-order valence-corrected chi connectivity index (χ3v) is 4.19. The Kier molecular flexibility index (Phi) is 3.42. The Labute approximate surface area is 121 Å². The van der Waals surface area contributed by atoms with Gasteiger partial charge in [-0.3, -0.25) is 4.21 Å². The fourth-order valence-corrected chi connectivity index (χ4v) is 2.86. The van der Waals surface area contributed by atoms with E-state index in [1.165, 1.54) is 6.07 Å². The fraction of sp³-hybridized carbons (Fsp3) is 0.0714. The number of hydrogen-bond donors (Lipinski definition) is 1. The van der Waals surface area contributed by atoms with Gasteiger partial charge in [0.1, 0.15) is 11.3 Å². The highest BCUT2D eigenvalue weighted by Gasteiger charge is 2.14. The van der Waals surface area contributed by atoms with Crippen molar-refractivity contribution in [3.05, 3.63) is 53.9 Å². The van der Waals surface area contributed by atoms with Gasteiger partial charge in [-0.25, -0.2) is 13.8 Å². The van der Waals surface area contributed by atoms with Crippen molar-refractivity contribution in [3.8, 4) is 0 Å². The van der Waals surface area contributed by atoms with Crippen LogP contribution in [-0.4, -0.2) is 9.19 Å². The van der Waals surface area contributed by atoms with E-state index in [-0.39, 0.29) is 16.5 Å². The molecular weight excluding hydrogens is 298 g/mol. The van der Waals surface area contributed by atoms with Gasteiger partial charge in [-0.2, -0.15) is 0 Å². The average Bonchev–Trinajstić information content (AvgIpc) is 2.86. The van der Waals surface area contributed by atoms with Crippen LogP contribution in [0.5, 0.6) is 0 Å². The molecule has 7 heteroatoms. The number of para-hydroxylation sites is 1. The highest BCUT2D eigenvalue weighted by Crippen LogP contribution is 2.23. The average molecular weight is 308 g/mol. The van der Waals surface area contributed by atoms with E-state index in [1.807, 2.05) is 0 Å². The molecule has 4 nitrogen and oxygen atoms in total. The number of aromatic nitrogens is 1. The first-order valence-corrected chi connectivity index (χ1v) is 7.34. The van der Waals surface area contributed by atoms with Crippen molar-refractivity contribution in [1.82, 2.24) is 4.98 Å². The van der Waals surface area contributed by atoms with Crippen molar-refractivity contribution in [1.29, 1.82) is 0 Å². The van der Waals surface area contributed by atoms with Crippen molar-refractivity contribution in [2.24, 2.45) is 0 Å². The Balaban J connectivity index is 1.89. The minimum Gasteiger partial charge on any atom is -0.440 e. The third-order valence-electron chi connectivity index (χ3n) is 2.90. The summed E-state index contributed by atoms with van der Waals surface area (Å²) in [5.41, 5.74) is 7.21. The number of oxazole rings is 1. The first-order valence-electron chi connectivity index (χ1n) is 6.02. The van der Waals surface area contributed by atoms with Crippen molar-refractivity contribution >= 4 is 27.6 Å². The molecule has 1 atom stereocenters. The molecule has 1 unspecified atom stereocenters. The molecule has 0 aliphatic heterocycles. The molecule has 0 saturated carbocycles. The molecule has 0 spiro atoms. The summed E-state index contributed by atoms with van der Waals surface area (Å²) >= 11 is 0. The van der Waals surface area contributed by atoms with Gasteiger partial charge < -0.3 is 10.2 Å². The SMILES string of the molecule is Nc1cccc2oc(CS(=O)c3ccc(F)c(F)c3)nc12. The molecule has 2 N–H and O–H groups in total. The molecule has 0 aliphatic rings. The number of anilines is 1. The second-order valence-corrected chi connectivity index (χ2v) is 5.82. The van der Waals surface area contributed by atoms with Crippen LogP contribution in [0.1, 0.15) is 5.89 Å². The van der Waals surface area contributed by atoms with E-state index in [2.05, 4.69) is 4.98 Å². The number of benzene rings is 2. The van der Waals surface area contributed by atoms with Crippen molar-refractivity contribution in [2.75, 3.05) is 5.73 Å². The predicted molar refractivity (Wildman–Crippen MR) is 74.9 cm³/mol. The molecule has 0 saturated heterocycles. The third kappa shape index (κ3) is 2.64. The number of fused-ring (bicyclic) bond motifs is 1. The maximum absolute atomic E-state index is 13.1. The molecular formula is C14H10F2N2O2S. The van der Waals surface area contributed by atoms with Crippen LogP contribution >= 0.6 is 0 Å². The summed E-state index contributed by atoms with van der Waals surface area (Å²) in [6.45, 7) is 0. The van der Waals surface area contributed by atoms with Gasteiger partial charge in [0.05, 0.1) is 16.5 Å². The number of rotatable bonds is 3. The number of nitrogens with zero attached hydrogens (tertiary/aromatic N) is 1. The molecule has 0 aliphatic carbocycles. The molecule has 2 aromatic carbocycles. The molecule has 108 valence electrons. The van der Waals surface area contributed by atoms with Crippen LogP contribution in [0.3, 0.4) is 0 Å². The second kappa shape index (κ2) is 5.25. The smallest absolute Gasteiger partial charge is 0.208 e. The largest absolute Gasteiger partial charge is 0.440 e. The van der Waals surface area contributed by atoms with Gasteiger partial charge in [-0.05, 0) is 30.3 Å². The summed E-state index contributed by atoms with van der Waals surface area (Å²) in [5.74, 6) is -1.84. The maximum Gasteiger partial charge on any atom is 0.208 e. The van der Waals surface area contributed by atoms with Crippen LogP contribution in [0.15, 0.2) is 45.7 Å². The fourth-order valence-electron chi connectivity index (χ4n) is 1.89. The highest BCUT2D eigenvalue weighted by atomic mass is 32.2. The van der Waals surface area contributed by atoms with Crippen LogP contribution < -0.4 is 5.73 Å². The monoisotopic (exact) mass is 308 g/mol. The predicted octanol–water partition coefficient (Wildman–Crippen LogP) is 3.00. The van der Waals surface area contributed by atoms with Crippen molar-refractivity contribution in [3.63, 3.8) is 0 Å². The van der Waals surface area contributed by atoms with Crippen molar-refractivity contribution < 1.29 is 17.4 Å². The number of nitrogen functional groups attached to an aromatic ring is 1. The van der Waals surface area contributed by atoms with Crippen molar-refractivity contribution in [2.45, 2.75) is 10.6 Å². The van der Waals surface area contributed by atoms with E-state index in [9.17, 15) is 13.0 Å². The molecule has 0 radical (unpaired) electrons. The van der Waals surface area contributed by atoms with E-state index in [4.69, 9.17) is 10.2 Å². The van der Waals surface area contributed by atoms with Gasteiger partial charge in [0.25, 0.3) is 0 Å². The van der Waals surface area contributed by atoms with E-state index >= 15 is 0 Å². The van der Waals surface area contributed by atoms with Crippen LogP contribution in [0.4, 0.5) is 14.5 Å². The lowest BCUT2D eigenvalue weighted by atomic mass is 10.3. The minimum atomic E-state index is -1.59. The first-order chi connectivity index (χ1) is 10.0. The topological polar surface area (TPSA) is 69.1 Å². The molecule has 1 heterocycles. The molecule has 0 bridgehead atoms. The van der Waals surface area contributed by atoms with Gasteiger partial charge in [0.15, 0.2) is 17.2 Å². The van der Waals surface area contributed by atoms with Crippen LogP contribution in [-0.2, 0) is 16.6 Å². The van der Waals surface area contributed by atoms with Gasteiger partial charge in [0, 0.05) is 4.90 Å². The maximum atomic E-state index is 13.1. The van der Waals surface area contributed by atoms with E-state index in [0.29, 0.717) is 16.8 Å². The van der Waals surface area contributed by atoms with Gasteiger partial charge in [-0.1, -0.05) is 6.07 Å². The summed E-state index contributed by atoms with van der Waals surface area (Å²) in [6, 6.07) is 8.21. The van der Waals surface area contributed by atoms with Crippen LogP contribution in [0.2, 0.25) is 0 Å². The Morgan fingerprint density at radius 1 is 1.19 bits per heavy atom. The molecule has 0 amide bonds. The molecule has 1 aromatic heterocycles. The minimum absolute atomic E-state index is 0.0425. The lowest BCUT2D eigenvalue weighted by molar-refractivity contribution is 0.505. The zero-order valence-corrected chi connectivity index (χ0v) is 11.5. The Hall–Kier alpha value is -2.28.